The standard InChI is InChI=1S/C14H19FN2O/c15-11-7-5-10(6-8-11)9-17-14(18)12-3-1-2-4-13(12)16/h5-8,12-13H,1-4,9,16H2,(H,17,18). The molecule has 1 aromatic carbocycles. The second-order valence-corrected chi connectivity index (χ2v) is 4.90. The number of halogens is 1. The summed E-state index contributed by atoms with van der Waals surface area (Å²) >= 11 is 0. The number of nitrogens with one attached hydrogen (secondary N) is 1. The third-order valence-corrected chi connectivity index (χ3v) is 3.54. The molecule has 98 valence electrons. The molecule has 0 heterocycles. The smallest absolute Gasteiger partial charge is 0.224 e. The molecular weight excluding hydrogens is 231 g/mol. The molecule has 1 fully saturated rings. The van der Waals surface area contributed by atoms with Gasteiger partial charge in [0.15, 0.2) is 0 Å². The molecule has 2 rings (SSSR count). The van der Waals surface area contributed by atoms with E-state index < -0.39 is 0 Å². The van der Waals surface area contributed by atoms with Crippen molar-refractivity contribution in [3.8, 4) is 0 Å². The summed E-state index contributed by atoms with van der Waals surface area (Å²) in [5.74, 6) is -0.315. The molecule has 1 aliphatic rings. The number of carbonyl (C=O) groups excluding carboxylic acids is 1. The molecule has 1 aromatic rings. The zero-order valence-corrected chi connectivity index (χ0v) is 10.4. The lowest BCUT2D eigenvalue weighted by atomic mass is 9.84. The Morgan fingerprint density at radius 1 is 1.28 bits per heavy atom. The van der Waals surface area contributed by atoms with Gasteiger partial charge in [-0.1, -0.05) is 25.0 Å². The molecule has 1 saturated carbocycles. The summed E-state index contributed by atoms with van der Waals surface area (Å²) in [5, 5.41) is 2.88. The molecule has 3 nitrogen and oxygen atoms in total. The number of hydrogen-bond acceptors (Lipinski definition) is 2. The van der Waals surface area contributed by atoms with E-state index in [1.165, 1.54) is 12.1 Å². The van der Waals surface area contributed by atoms with Gasteiger partial charge < -0.3 is 11.1 Å². The molecule has 0 bridgehead atoms. The molecule has 1 aliphatic carbocycles. The summed E-state index contributed by atoms with van der Waals surface area (Å²) in [5.41, 5.74) is 6.86. The van der Waals surface area contributed by atoms with Crippen LogP contribution in [0, 0.1) is 11.7 Å². The minimum absolute atomic E-state index is 0.0199. The average molecular weight is 250 g/mol. The topological polar surface area (TPSA) is 55.1 Å². The number of amides is 1. The van der Waals surface area contributed by atoms with E-state index >= 15 is 0 Å². The minimum atomic E-state index is -0.264. The zero-order chi connectivity index (χ0) is 13.0. The third-order valence-electron chi connectivity index (χ3n) is 3.54. The first-order valence-corrected chi connectivity index (χ1v) is 6.44. The fourth-order valence-electron chi connectivity index (χ4n) is 2.41. The molecule has 1 amide bonds. The number of hydrogen-bond donors (Lipinski definition) is 2. The normalized spacial score (nSPS) is 23.7. The molecule has 0 aliphatic heterocycles. The summed E-state index contributed by atoms with van der Waals surface area (Å²) in [6, 6.07) is 6.13. The first kappa shape index (κ1) is 13.0. The molecule has 2 atom stereocenters. The number of rotatable bonds is 3. The van der Waals surface area contributed by atoms with Gasteiger partial charge in [0.25, 0.3) is 0 Å². The quantitative estimate of drug-likeness (QED) is 0.861. The highest BCUT2D eigenvalue weighted by molar-refractivity contribution is 5.79. The lowest BCUT2D eigenvalue weighted by molar-refractivity contribution is -0.126. The van der Waals surface area contributed by atoms with E-state index in [0.717, 1.165) is 31.2 Å². The molecule has 0 spiro atoms. The van der Waals surface area contributed by atoms with E-state index in [0.29, 0.717) is 6.54 Å². The van der Waals surface area contributed by atoms with Gasteiger partial charge in [0.05, 0.1) is 5.92 Å². The Hall–Kier alpha value is -1.42. The van der Waals surface area contributed by atoms with E-state index in [-0.39, 0.29) is 23.7 Å². The fraction of sp³-hybridized carbons (Fsp3) is 0.500. The monoisotopic (exact) mass is 250 g/mol. The van der Waals surface area contributed by atoms with E-state index in [2.05, 4.69) is 5.32 Å². The maximum Gasteiger partial charge on any atom is 0.224 e. The molecule has 0 radical (unpaired) electrons. The van der Waals surface area contributed by atoms with Crippen LogP contribution in [0.5, 0.6) is 0 Å². The van der Waals surface area contributed by atoms with Crippen LogP contribution >= 0.6 is 0 Å². The summed E-state index contributed by atoms with van der Waals surface area (Å²) in [6.45, 7) is 0.433. The lowest BCUT2D eigenvalue weighted by Crippen LogP contribution is -2.43. The van der Waals surface area contributed by atoms with Crippen LogP contribution in [0.1, 0.15) is 31.2 Å². The Kier molecular flexibility index (Phi) is 4.31. The second-order valence-electron chi connectivity index (χ2n) is 4.90. The Morgan fingerprint density at radius 2 is 1.94 bits per heavy atom. The van der Waals surface area contributed by atoms with Gasteiger partial charge in [0, 0.05) is 12.6 Å². The van der Waals surface area contributed by atoms with Crippen molar-refractivity contribution in [3.05, 3.63) is 35.6 Å². The van der Waals surface area contributed by atoms with Crippen LogP contribution in [0.4, 0.5) is 4.39 Å². The van der Waals surface area contributed by atoms with Gasteiger partial charge >= 0.3 is 0 Å². The van der Waals surface area contributed by atoms with Crippen LogP contribution in [0.2, 0.25) is 0 Å². The number of nitrogens with two attached hydrogens (primary N) is 1. The van der Waals surface area contributed by atoms with Gasteiger partial charge in [0.1, 0.15) is 5.82 Å². The predicted molar refractivity (Wildman–Crippen MR) is 68.2 cm³/mol. The zero-order valence-electron chi connectivity index (χ0n) is 10.4. The Balaban J connectivity index is 1.85. The van der Waals surface area contributed by atoms with Gasteiger partial charge in [-0.15, -0.1) is 0 Å². The van der Waals surface area contributed by atoms with E-state index in [1.54, 1.807) is 12.1 Å². The van der Waals surface area contributed by atoms with E-state index in [9.17, 15) is 9.18 Å². The largest absolute Gasteiger partial charge is 0.352 e. The van der Waals surface area contributed by atoms with Crippen LogP contribution < -0.4 is 11.1 Å². The molecular formula is C14H19FN2O. The van der Waals surface area contributed by atoms with Gasteiger partial charge in [-0.3, -0.25) is 4.79 Å². The van der Waals surface area contributed by atoms with Crippen molar-refractivity contribution in [2.45, 2.75) is 38.3 Å². The van der Waals surface area contributed by atoms with Crippen molar-refractivity contribution in [2.24, 2.45) is 11.7 Å². The lowest BCUT2D eigenvalue weighted by Gasteiger charge is -2.27. The highest BCUT2D eigenvalue weighted by atomic mass is 19.1. The Labute approximate surface area is 107 Å². The Bertz CT molecular complexity index is 405. The van der Waals surface area contributed by atoms with Crippen LogP contribution in [0.3, 0.4) is 0 Å². The minimum Gasteiger partial charge on any atom is -0.352 e. The molecule has 0 aromatic heterocycles. The third kappa shape index (κ3) is 3.29. The van der Waals surface area contributed by atoms with Crippen molar-refractivity contribution in [1.29, 1.82) is 0 Å². The van der Waals surface area contributed by atoms with Crippen molar-refractivity contribution >= 4 is 5.91 Å². The SMILES string of the molecule is NC1CCCCC1C(=O)NCc1ccc(F)cc1. The molecule has 2 unspecified atom stereocenters. The van der Waals surface area contributed by atoms with Gasteiger partial charge in [-0.25, -0.2) is 4.39 Å². The van der Waals surface area contributed by atoms with Crippen molar-refractivity contribution in [2.75, 3.05) is 0 Å². The van der Waals surface area contributed by atoms with E-state index in [4.69, 9.17) is 5.73 Å². The highest BCUT2D eigenvalue weighted by Crippen LogP contribution is 2.23. The van der Waals surface area contributed by atoms with Crippen LogP contribution in [0.25, 0.3) is 0 Å². The van der Waals surface area contributed by atoms with Crippen molar-refractivity contribution < 1.29 is 9.18 Å². The van der Waals surface area contributed by atoms with Gasteiger partial charge in [-0.2, -0.15) is 0 Å². The highest BCUT2D eigenvalue weighted by Gasteiger charge is 2.27. The maximum absolute atomic E-state index is 12.7. The van der Waals surface area contributed by atoms with Gasteiger partial charge in [-0.05, 0) is 30.5 Å². The summed E-state index contributed by atoms with van der Waals surface area (Å²) < 4.78 is 12.7. The molecule has 3 N–H and O–H groups in total. The second kappa shape index (κ2) is 5.96. The molecule has 4 heteroatoms. The van der Waals surface area contributed by atoms with Crippen molar-refractivity contribution in [1.82, 2.24) is 5.32 Å². The summed E-state index contributed by atoms with van der Waals surface area (Å²) in [4.78, 5) is 12.0. The van der Waals surface area contributed by atoms with E-state index in [1.807, 2.05) is 0 Å². The first-order chi connectivity index (χ1) is 8.66. The summed E-state index contributed by atoms with van der Waals surface area (Å²) in [7, 11) is 0. The van der Waals surface area contributed by atoms with Crippen LogP contribution in [-0.4, -0.2) is 11.9 Å². The van der Waals surface area contributed by atoms with Crippen LogP contribution in [-0.2, 0) is 11.3 Å². The Morgan fingerprint density at radius 3 is 2.61 bits per heavy atom. The predicted octanol–water partition coefficient (Wildman–Crippen LogP) is 1.96. The van der Waals surface area contributed by atoms with Crippen LogP contribution in [0.15, 0.2) is 24.3 Å². The fourth-order valence-corrected chi connectivity index (χ4v) is 2.41. The molecule has 0 saturated heterocycles. The first-order valence-electron chi connectivity index (χ1n) is 6.44. The average Bonchev–Trinajstić information content (AvgIpc) is 2.38. The molecule has 18 heavy (non-hydrogen) atoms. The number of carbonyl (C=O) groups is 1. The van der Waals surface area contributed by atoms with Gasteiger partial charge in [0.2, 0.25) is 5.91 Å². The number of benzene rings is 1. The summed E-state index contributed by atoms with van der Waals surface area (Å²) in [6.07, 6.45) is 3.98. The van der Waals surface area contributed by atoms with Crippen molar-refractivity contribution in [3.63, 3.8) is 0 Å². The maximum atomic E-state index is 12.7.